The van der Waals surface area contributed by atoms with Crippen molar-refractivity contribution >= 4 is 29.7 Å². The van der Waals surface area contributed by atoms with Crippen molar-refractivity contribution in [3.05, 3.63) is 0 Å². The minimum Gasteiger partial charge on any atom is -0.352 e. The maximum absolute atomic E-state index is 11.9. The van der Waals surface area contributed by atoms with E-state index in [-0.39, 0.29) is 25.0 Å². The maximum atomic E-state index is 11.9. The van der Waals surface area contributed by atoms with Crippen LogP contribution in [0.4, 0.5) is 4.79 Å². The van der Waals surface area contributed by atoms with Gasteiger partial charge in [0.2, 0.25) is 11.8 Å². The molecule has 9 nitrogen and oxygen atoms in total. The third-order valence-corrected chi connectivity index (χ3v) is 2.78. The van der Waals surface area contributed by atoms with Crippen molar-refractivity contribution in [3.63, 3.8) is 0 Å². The molecule has 0 atom stereocenters. The van der Waals surface area contributed by atoms with Crippen LogP contribution in [0.3, 0.4) is 0 Å². The Balaban J connectivity index is 2.54. The van der Waals surface area contributed by atoms with E-state index in [1.54, 1.807) is 20.8 Å². The summed E-state index contributed by atoms with van der Waals surface area (Å²) in [7, 11) is 0. The first kappa shape index (κ1) is 17.6. The lowest BCUT2D eigenvalue weighted by Crippen LogP contribution is -2.45. The molecule has 0 aromatic heterocycles. The fourth-order valence-electron chi connectivity index (χ4n) is 1.86. The van der Waals surface area contributed by atoms with Crippen LogP contribution in [-0.2, 0) is 19.2 Å². The number of rotatable bonds is 7. The molecule has 0 bridgehead atoms. The summed E-state index contributed by atoms with van der Waals surface area (Å²) in [5.41, 5.74) is 0. The van der Waals surface area contributed by atoms with Gasteiger partial charge in [-0.1, -0.05) is 6.92 Å². The minimum atomic E-state index is -1.03. The number of carbonyl (C=O) groups is 5. The lowest BCUT2D eigenvalue weighted by Gasteiger charge is -2.14. The number of urea groups is 1. The van der Waals surface area contributed by atoms with Crippen LogP contribution in [-0.4, -0.2) is 65.1 Å². The van der Waals surface area contributed by atoms with Gasteiger partial charge in [0.1, 0.15) is 6.54 Å². The second kappa shape index (κ2) is 7.53. The number of hydrogen-bond donors (Lipinski definition) is 2. The Hall–Kier alpha value is -2.45. The smallest absolute Gasteiger partial charge is 0.334 e. The number of nitrogens with zero attached hydrogens (tertiary/aromatic N) is 2. The molecule has 0 unspecified atom stereocenters. The molecule has 0 saturated carbocycles. The minimum absolute atomic E-state index is 0.0636. The van der Waals surface area contributed by atoms with E-state index in [1.165, 1.54) is 0 Å². The molecule has 1 fully saturated rings. The number of imide groups is 2. The molecule has 9 heteroatoms. The van der Waals surface area contributed by atoms with E-state index in [0.717, 1.165) is 4.90 Å². The van der Waals surface area contributed by atoms with Gasteiger partial charge in [-0.25, -0.2) is 9.69 Å². The van der Waals surface area contributed by atoms with Gasteiger partial charge in [-0.2, -0.15) is 0 Å². The highest BCUT2D eigenvalue weighted by molar-refractivity contribution is 6.45. The standard InChI is InChI=1S/C13H20N4O5/c1-4-5-16-11(20)12(21)17(13(16)22)7-10(19)14-6-9(18)15-8(2)3/h8H,4-7H2,1-3H3,(H,14,19)(H,15,18). The van der Waals surface area contributed by atoms with E-state index in [9.17, 15) is 24.0 Å². The molecule has 0 radical (unpaired) electrons. The Morgan fingerprint density at radius 1 is 1.05 bits per heavy atom. The average molecular weight is 312 g/mol. The van der Waals surface area contributed by atoms with E-state index < -0.39 is 30.3 Å². The lowest BCUT2D eigenvalue weighted by molar-refractivity contribution is -0.144. The lowest BCUT2D eigenvalue weighted by atomic mass is 10.4. The van der Waals surface area contributed by atoms with E-state index in [2.05, 4.69) is 10.6 Å². The summed E-state index contributed by atoms with van der Waals surface area (Å²) in [5.74, 6) is -3.03. The van der Waals surface area contributed by atoms with Gasteiger partial charge in [0, 0.05) is 12.6 Å². The molecular formula is C13H20N4O5. The molecule has 0 aromatic rings. The average Bonchev–Trinajstić information content (AvgIpc) is 2.62. The zero-order valence-electron chi connectivity index (χ0n) is 12.8. The largest absolute Gasteiger partial charge is 0.352 e. The second-order valence-corrected chi connectivity index (χ2v) is 5.13. The number of hydrogen-bond acceptors (Lipinski definition) is 5. The van der Waals surface area contributed by atoms with Gasteiger partial charge >= 0.3 is 17.8 Å². The van der Waals surface area contributed by atoms with Gasteiger partial charge in [-0.3, -0.25) is 24.1 Å². The summed E-state index contributed by atoms with van der Waals surface area (Å²) < 4.78 is 0. The summed E-state index contributed by atoms with van der Waals surface area (Å²) in [6, 6.07) is -0.870. The van der Waals surface area contributed by atoms with Crippen LogP contribution in [0.5, 0.6) is 0 Å². The Morgan fingerprint density at radius 3 is 2.18 bits per heavy atom. The van der Waals surface area contributed by atoms with Crippen molar-refractivity contribution in [1.82, 2.24) is 20.4 Å². The van der Waals surface area contributed by atoms with Gasteiger partial charge in [-0.05, 0) is 20.3 Å². The van der Waals surface area contributed by atoms with Gasteiger partial charge in [0.05, 0.1) is 6.54 Å². The SMILES string of the molecule is CCCN1C(=O)C(=O)N(CC(=O)NCC(=O)NC(C)C)C1=O. The number of amides is 6. The van der Waals surface area contributed by atoms with E-state index >= 15 is 0 Å². The zero-order chi connectivity index (χ0) is 16.9. The van der Waals surface area contributed by atoms with Crippen LogP contribution in [0.2, 0.25) is 0 Å². The van der Waals surface area contributed by atoms with Gasteiger partial charge in [0.15, 0.2) is 0 Å². The molecule has 0 spiro atoms. The number of nitrogens with one attached hydrogen (secondary N) is 2. The topological polar surface area (TPSA) is 116 Å². The van der Waals surface area contributed by atoms with E-state index in [1.807, 2.05) is 0 Å². The van der Waals surface area contributed by atoms with E-state index in [4.69, 9.17) is 0 Å². The molecular weight excluding hydrogens is 292 g/mol. The van der Waals surface area contributed by atoms with Crippen molar-refractivity contribution in [1.29, 1.82) is 0 Å². The van der Waals surface area contributed by atoms with Crippen molar-refractivity contribution in [3.8, 4) is 0 Å². The molecule has 2 N–H and O–H groups in total. The van der Waals surface area contributed by atoms with Gasteiger partial charge < -0.3 is 10.6 Å². The first-order valence-corrected chi connectivity index (χ1v) is 7.01. The zero-order valence-corrected chi connectivity index (χ0v) is 12.8. The van der Waals surface area contributed by atoms with E-state index in [0.29, 0.717) is 11.3 Å². The van der Waals surface area contributed by atoms with Crippen molar-refractivity contribution < 1.29 is 24.0 Å². The Bertz CT molecular complexity index is 503. The highest BCUT2D eigenvalue weighted by Crippen LogP contribution is 2.11. The van der Waals surface area contributed by atoms with Crippen molar-refractivity contribution in [2.24, 2.45) is 0 Å². The normalized spacial score (nSPS) is 14.8. The van der Waals surface area contributed by atoms with Crippen LogP contribution >= 0.6 is 0 Å². The molecule has 1 aliphatic rings. The van der Waals surface area contributed by atoms with Crippen LogP contribution in [0, 0.1) is 0 Å². The first-order valence-electron chi connectivity index (χ1n) is 7.01. The predicted octanol–water partition coefficient (Wildman–Crippen LogP) is -1.17. The number of carbonyl (C=O) groups excluding carboxylic acids is 5. The van der Waals surface area contributed by atoms with Gasteiger partial charge in [0.25, 0.3) is 0 Å². The summed E-state index contributed by atoms with van der Waals surface area (Å²) in [5, 5.41) is 4.87. The van der Waals surface area contributed by atoms with Crippen LogP contribution < -0.4 is 10.6 Å². The summed E-state index contributed by atoms with van der Waals surface area (Å²) in [4.78, 5) is 59.6. The molecule has 0 aromatic carbocycles. The molecule has 0 aliphatic carbocycles. The summed E-state index contributed by atoms with van der Waals surface area (Å²) in [6.45, 7) is 4.58. The summed E-state index contributed by atoms with van der Waals surface area (Å²) in [6.07, 6.45) is 0.514. The molecule has 1 heterocycles. The van der Waals surface area contributed by atoms with Crippen molar-refractivity contribution in [2.75, 3.05) is 19.6 Å². The van der Waals surface area contributed by atoms with Crippen LogP contribution in [0.25, 0.3) is 0 Å². The third kappa shape index (κ3) is 4.27. The first-order chi connectivity index (χ1) is 10.3. The monoisotopic (exact) mass is 312 g/mol. The summed E-state index contributed by atoms with van der Waals surface area (Å²) >= 11 is 0. The third-order valence-electron chi connectivity index (χ3n) is 2.78. The molecule has 1 saturated heterocycles. The molecule has 1 rings (SSSR count). The van der Waals surface area contributed by atoms with Crippen LogP contribution in [0.1, 0.15) is 27.2 Å². The van der Waals surface area contributed by atoms with Gasteiger partial charge in [-0.15, -0.1) is 0 Å². The fourth-order valence-corrected chi connectivity index (χ4v) is 1.86. The molecule has 22 heavy (non-hydrogen) atoms. The molecule has 122 valence electrons. The Morgan fingerprint density at radius 2 is 1.64 bits per heavy atom. The Kier molecular flexibility index (Phi) is 6.02. The highest BCUT2D eigenvalue weighted by Gasteiger charge is 2.44. The quantitative estimate of drug-likeness (QED) is 0.454. The highest BCUT2D eigenvalue weighted by atomic mass is 16.2. The molecule has 1 aliphatic heterocycles. The van der Waals surface area contributed by atoms with Crippen molar-refractivity contribution in [2.45, 2.75) is 33.2 Å². The Labute approximate surface area is 128 Å². The fraction of sp³-hybridized carbons (Fsp3) is 0.615. The second-order valence-electron chi connectivity index (χ2n) is 5.13. The predicted molar refractivity (Wildman–Crippen MR) is 75.4 cm³/mol. The molecule has 6 amide bonds. The van der Waals surface area contributed by atoms with Crippen LogP contribution in [0.15, 0.2) is 0 Å². The maximum Gasteiger partial charge on any atom is 0.334 e.